The van der Waals surface area contributed by atoms with Crippen molar-refractivity contribution in [3.63, 3.8) is 0 Å². The van der Waals surface area contributed by atoms with Crippen LogP contribution in [0, 0.1) is 5.92 Å². The highest BCUT2D eigenvalue weighted by atomic mass is 14.1. The quantitative estimate of drug-likeness (QED) is 0.532. The number of hydrogen-bond acceptors (Lipinski definition) is 0. The van der Waals surface area contributed by atoms with Crippen LogP contribution in [0.2, 0.25) is 0 Å². The van der Waals surface area contributed by atoms with E-state index in [1.54, 1.807) is 0 Å². The molecule has 1 aliphatic rings. The molecule has 0 aliphatic heterocycles. The highest BCUT2D eigenvalue weighted by Gasteiger charge is 2.07. The molecule has 96 valence electrons. The van der Waals surface area contributed by atoms with E-state index in [1.165, 1.54) is 89.9 Å². The summed E-state index contributed by atoms with van der Waals surface area (Å²) in [6.45, 7) is 2.35. The van der Waals surface area contributed by atoms with Gasteiger partial charge in [0.1, 0.15) is 0 Å². The molecule has 0 heterocycles. The summed E-state index contributed by atoms with van der Waals surface area (Å²) in [6, 6.07) is 0. The van der Waals surface area contributed by atoms with Gasteiger partial charge in [0.2, 0.25) is 0 Å². The average Bonchev–Trinajstić information content (AvgIpc) is 2.31. The van der Waals surface area contributed by atoms with E-state index in [2.05, 4.69) is 6.92 Å². The Morgan fingerprint density at radius 2 is 1.00 bits per heavy atom. The van der Waals surface area contributed by atoms with Crippen molar-refractivity contribution in [2.75, 3.05) is 0 Å². The topological polar surface area (TPSA) is 0 Å². The lowest BCUT2D eigenvalue weighted by Gasteiger charge is -2.15. The van der Waals surface area contributed by atoms with Crippen LogP contribution in [0.1, 0.15) is 96.8 Å². The smallest absolute Gasteiger partial charge is 0.0414 e. The lowest BCUT2D eigenvalue weighted by atomic mass is 9.91. The van der Waals surface area contributed by atoms with Crippen molar-refractivity contribution in [1.29, 1.82) is 0 Å². The molecule has 0 amide bonds. The molecule has 0 spiro atoms. The van der Waals surface area contributed by atoms with Gasteiger partial charge in [-0.3, -0.25) is 0 Å². The van der Waals surface area contributed by atoms with Crippen LogP contribution in [0.5, 0.6) is 0 Å². The van der Waals surface area contributed by atoms with E-state index in [0.29, 0.717) is 0 Å². The Morgan fingerprint density at radius 1 is 0.625 bits per heavy atom. The molecule has 0 saturated heterocycles. The molecule has 1 rings (SSSR count). The second-order valence-electron chi connectivity index (χ2n) is 5.77. The summed E-state index contributed by atoms with van der Waals surface area (Å²) in [5, 5.41) is 0. The highest BCUT2D eigenvalue weighted by Crippen LogP contribution is 2.23. The summed E-state index contributed by atoms with van der Waals surface area (Å²) < 4.78 is 0. The minimum absolute atomic E-state index is 1.06. The highest BCUT2D eigenvalue weighted by molar-refractivity contribution is 4.61. The van der Waals surface area contributed by atoms with Crippen LogP contribution in [0.3, 0.4) is 0 Å². The Balaban J connectivity index is 2.20. The fraction of sp³-hybridized carbons (Fsp3) is 1.00. The molecule has 0 atom stereocenters. The molecule has 1 aliphatic carbocycles. The zero-order chi connectivity index (χ0) is 11.5. The number of rotatable bonds is 2. The first-order valence-electron chi connectivity index (χ1n) is 7.93. The van der Waals surface area contributed by atoms with Crippen LogP contribution < -0.4 is 0 Å². The van der Waals surface area contributed by atoms with E-state index in [-0.39, 0.29) is 0 Å². The van der Waals surface area contributed by atoms with Crippen molar-refractivity contribution >= 4 is 0 Å². The molecular weight excluding hydrogens is 192 g/mol. The number of hydrogen-bond donors (Lipinski definition) is 0. The SMILES string of the molecule is CCCC1CCCCCCCCCCCC1. The van der Waals surface area contributed by atoms with Crippen LogP contribution >= 0.6 is 0 Å². The van der Waals surface area contributed by atoms with Gasteiger partial charge >= 0.3 is 0 Å². The van der Waals surface area contributed by atoms with Gasteiger partial charge in [-0.2, -0.15) is 0 Å². The van der Waals surface area contributed by atoms with E-state index < -0.39 is 0 Å². The molecule has 0 bridgehead atoms. The van der Waals surface area contributed by atoms with E-state index in [0.717, 1.165) is 5.92 Å². The van der Waals surface area contributed by atoms with Crippen LogP contribution in [0.4, 0.5) is 0 Å². The molecule has 1 saturated carbocycles. The molecule has 0 unspecified atom stereocenters. The van der Waals surface area contributed by atoms with E-state index in [9.17, 15) is 0 Å². The van der Waals surface area contributed by atoms with Crippen molar-refractivity contribution in [3.05, 3.63) is 0 Å². The first kappa shape index (κ1) is 14.1. The Kier molecular flexibility index (Phi) is 8.94. The summed E-state index contributed by atoms with van der Waals surface area (Å²) in [7, 11) is 0. The molecule has 0 radical (unpaired) electrons. The molecule has 0 aromatic heterocycles. The second-order valence-corrected chi connectivity index (χ2v) is 5.77. The minimum atomic E-state index is 1.06. The van der Waals surface area contributed by atoms with Gasteiger partial charge < -0.3 is 0 Å². The zero-order valence-corrected chi connectivity index (χ0v) is 11.5. The van der Waals surface area contributed by atoms with Gasteiger partial charge in [-0.05, 0) is 5.92 Å². The van der Waals surface area contributed by atoms with Gasteiger partial charge in [0.25, 0.3) is 0 Å². The van der Waals surface area contributed by atoms with Crippen molar-refractivity contribution in [1.82, 2.24) is 0 Å². The molecule has 16 heavy (non-hydrogen) atoms. The zero-order valence-electron chi connectivity index (χ0n) is 11.5. The summed E-state index contributed by atoms with van der Waals surface area (Å²) in [5.41, 5.74) is 0. The first-order chi connectivity index (χ1) is 7.93. The fourth-order valence-electron chi connectivity index (χ4n) is 3.12. The summed E-state index contributed by atoms with van der Waals surface area (Å²) in [5.74, 6) is 1.06. The largest absolute Gasteiger partial charge is 0.0654 e. The standard InChI is InChI=1S/C16H32/c1-2-13-16-14-11-9-7-5-3-4-6-8-10-12-15-16/h16H,2-15H2,1H3. The second kappa shape index (κ2) is 10.2. The molecule has 1 fully saturated rings. The Morgan fingerprint density at radius 3 is 1.38 bits per heavy atom. The average molecular weight is 224 g/mol. The predicted octanol–water partition coefficient (Wildman–Crippen LogP) is 6.10. The molecule has 0 N–H and O–H groups in total. The third-order valence-electron chi connectivity index (χ3n) is 4.17. The van der Waals surface area contributed by atoms with E-state index in [4.69, 9.17) is 0 Å². The molecule has 0 aromatic rings. The van der Waals surface area contributed by atoms with Crippen LogP contribution in [0.15, 0.2) is 0 Å². The maximum Gasteiger partial charge on any atom is -0.0414 e. The van der Waals surface area contributed by atoms with E-state index in [1.807, 2.05) is 0 Å². The molecule has 0 nitrogen and oxygen atoms in total. The van der Waals surface area contributed by atoms with Gasteiger partial charge in [-0.25, -0.2) is 0 Å². The van der Waals surface area contributed by atoms with Crippen LogP contribution in [-0.4, -0.2) is 0 Å². The van der Waals surface area contributed by atoms with E-state index >= 15 is 0 Å². The predicted molar refractivity (Wildman–Crippen MR) is 73.8 cm³/mol. The van der Waals surface area contributed by atoms with Crippen LogP contribution in [-0.2, 0) is 0 Å². The monoisotopic (exact) mass is 224 g/mol. The minimum Gasteiger partial charge on any atom is -0.0654 e. The Hall–Kier alpha value is 0. The molecule has 0 aromatic carbocycles. The maximum absolute atomic E-state index is 2.35. The fourth-order valence-corrected chi connectivity index (χ4v) is 3.12. The van der Waals surface area contributed by atoms with Gasteiger partial charge in [0.05, 0.1) is 0 Å². The normalized spacial score (nSPS) is 23.1. The van der Waals surface area contributed by atoms with Gasteiger partial charge in [-0.15, -0.1) is 0 Å². The lowest BCUT2D eigenvalue weighted by Crippen LogP contribution is -2.00. The van der Waals surface area contributed by atoms with Crippen LogP contribution in [0.25, 0.3) is 0 Å². The summed E-state index contributed by atoms with van der Waals surface area (Å²) in [4.78, 5) is 0. The van der Waals surface area contributed by atoms with Gasteiger partial charge in [-0.1, -0.05) is 96.8 Å². The summed E-state index contributed by atoms with van der Waals surface area (Å²) in [6.07, 6.45) is 20.9. The van der Waals surface area contributed by atoms with Gasteiger partial charge in [0.15, 0.2) is 0 Å². The lowest BCUT2D eigenvalue weighted by molar-refractivity contribution is 0.381. The van der Waals surface area contributed by atoms with Crippen molar-refractivity contribution in [2.45, 2.75) is 96.8 Å². The summed E-state index contributed by atoms with van der Waals surface area (Å²) >= 11 is 0. The Labute approximate surface area is 103 Å². The third-order valence-corrected chi connectivity index (χ3v) is 4.17. The molecular formula is C16H32. The third kappa shape index (κ3) is 7.30. The van der Waals surface area contributed by atoms with Crippen molar-refractivity contribution < 1.29 is 0 Å². The van der Waals surface area contributed by atoms with Gasteiger partial charge in [0, 0.05) is 0 Å². The van der Waals surface area contributed by atoms with Crippen molar-refractivity contribution in [2.24, 2.45) is 5.92 Å². The molecule has 0 heteroatoms. The maximum atomic E-state index is 2.35. The first-order valence-corrected chi connectivity index (χ1v) is 7.93. The Bertz CT molecular complexity index is 125. The van der Waals surface area contributed by atoms with Crippen molar-refractivity contribution in [3.8, 4) is 0 Å².